The Morgan fingerprint density at radius 2 is 2.06 bits per heavy atom. The minimum atomic E-state index is 0.600. The zero-order valence-electron chi connectivity index (χ0n) is 10.0. The molecule has 0 bridgehead atoms. The molecule has 1 heterocycles. The van der Waals surface area contributed by atoms with Crippen LogP contribution in [0.1, 0.15) is 11.3 Å². The van der Waals surface area contributed by atoms with Gasteiger partial charge in [0, 0.05) is 34.9 Å². The molecule has 3 N–H and O–H groups in total. The van der Waals surface area contributed by atoms with Crippen LogP contribution in [-0.2, 0) is 0 Å². The topological polar surface area (TPSA) is 50.9 Å². The number of halogens is 1. The van der Waals surface area contributed by atoms with Crippen molar-refractivity contribution in [3.05, 3.63) is 34.5 Å². The summed E-state index contributed by atoms with van der Waals surface area (Å²) in [6, 6.07) is 5.89. The fourth-order valence-corrected chi connectivity index (χ4v) is 2.21. The van der Waals surface area contributed by atoms with E-state index in [1.54, 1.807) is 0 Å². The van der Waals surface area contributed by atoms with Crippen LogP contribution in [0, 0.1) is 13.8 Å². The molecule has 0 saturated carbocycles. The van der Waals surface area contributed by atoms with Crippen LogP contribution >= 0.6 is 11.6 Å². The molecule has 0 aliphatic rings. The van der Waals surface area contributed by atoms with Gasteiger partial charge in [-0.05, 0) is 37.6 Å². The molecule has 3 nitrogen and oxygen atoms in total. The highest BCUT2D eigenvalue weighted by Gasteiger charge is 2.07. The molecule has 0 saturated heterocycles. The van der Waals surface area contributed by atoms with Gasteiger partial charge in [0.2, 0.25) is 0 Å². The van der Waals surface area contributed by atoms with Crippen molar-refractivity contribution in [3.63, 3.8) is 0 Å². The van der Waals surface area contributed by atoms with E-state index in [9.17, 15) is 0 Å². The Morgan fingerprint density at radius 1 is 1.29 bits per heavy atom. The van der Waals surface area contributed by atoms with E-state index in [1.165, 1.54) is 0 Å². The summed E-state index contributed by atoms with van der Waals surface area (Å²) in [5.74, 6) is 0. The summed E-state index contributed by atoms with van der Waals surface area (Å²) in [5.41, 5.74) is 9.63. The molecule has 1 aromatic heterocycles. The van der Waals surface area contributed by atoms with Crippen molar-refractivity contribution < 1.29 is 0 Å². The summed E-state index contributed by atoms with van der Waals surface area (Å²) in [6.07, 6.45) is 0. The van der Waals surface area contributed by atoms with Crippen molar-refractivity contribution in [2.75, 3.05) is 18.4 Å². The first-order valence-electron chi connectivity index (χ1n) is 5.63. The Balaban J connectivity index is 2.64. The fraction of sp³-hybridized carbons (Fsp3) is 0.308. The lowest BCUT2D eigenvalue weighted by molar-refractivity contribution is 1.02. The molecule has 0 amide bonds. The van der Waals surface area contributed by atoms with E-state index < -0.39 is 0 Å². The third-order valence-corrected chi connectivity index (χ3v) is 2.87. The Bertz CT molecular complexity index is 552. The SMILES string of the molecule is Cc1cc(NCCN)c2cc(Cl)cc(C)c2n1. The molecule has 0 fully saturated rings. The summed E-state index contributed by atoms with van der Waals surface area (Å²) in [4.78, 5) is 4.56. The average Bonchev–Trinajstić information content (AvgIpc) is 2.27. The molecule has 2 rings (SSSR count). The van der Waals surface area contributed by atoms with Gasteiger partial charge in [-0.2, -0.15) is 0 Å². The van der Waals surface area contributed by atoms with Crippen LogP contribution in [0.2, 0.25) is 5.02 Å². The monoisotopic (exact) mass is 249 g/mol. The standard InChI is InChI=1S/C13H16ClN3/c1-8-5-10(14)7-11-12(16-4-3-15)6-9(2)17-13(8)11/h5-7H,3-4,15H2,1-2H3,(H,16,17). The van der Waals surface area contributed by atoms with Crippen LogP contribution in [-0.4, -0.2) is 18.1 Å². The minimum Gasteiger partial charge on any atom is -0.383 e. The number of aromatic nitrogens is 1. The van der Waals surface area contributed by atoms with Crippen molar-refractivity contribution >= 4 is 28.2 Å². The van der Waals surface area contributed by atoms with Crippen molar-refractivity contribution in [3.8, 4) is 0 Å². The van der Waals surface area contributed by atoms with Crippen LogP contribution in [0.25, 0.3) is 10.9 Å². The molecule has 0 atom stereocenters. The van der Waals surface area contributed by atoms with Crippen molar-refractivity contribution in [2.24, 2.45) is 5.73 Å². The molecule has 0 aliphatic heterocycles. The molecular formula is C13H16ClN3. The van der Waals surface area contributed by atoms with E-state index in [0.29, 0.717) is 6.54 Å². The number of rotatable bonds is 3. The highest BCUT2D eigenvalue weighted by atomic mass is 35.5. The number of aryl methyl sites for hydroxylation is 2. The maximum absolute atomic E-state index is 6.09. The van der Waals surface area contributed by atoms with Crippen molar-refractivity contribution in [1.29, 1.82) is 0 Å². The van der Waals surface area contributed by atoms with E-state index in [2.05, 4.69) is 10.3 Å². The van der Waals surface area contributed by atoms with Gasteiger partial charge in [0.25, 0.3) is 0 Å². The molecule has 2 aromatic rings. The first-order valence-corrected chi connectivity index (χ1v) is 6.01. The largest absolute Gasteiger partial charge is 0.383 e. The lowest BCUT2D eigenvalue weighted by Crippen LogP contribution is -2.13. The van der Waals surface area contributed by atoms with Crippen LogP contribution < -0.4 is 11.1 Å². The molecule has 0 aliphatic carbocycles. The zero-order chi connectivity index (χ0) is 12.4. The second-order valence-electron chi connectivity index (χ2n) is 4.15. The molecular weight excluding hydrogens is 234 g/mol. The molecule has 0 spiro atoms. The van der Waals surface area contributed by atoms with E-state index in [4.69, 9.17) is 17.3 Å². The maximum atomic E-state index is 6.09. The molecule has 1 aromatic carbocycles. The third-order valence-electron chi connectivity index (χ3n) is 2.66. The second kappa shape index (κ2) is 4.90. The van der Waals surface area contributed by atoms with Crippen LogP contribution in [0.4, 0.5) is 5.69 Å². The van der Waals surface area contributed by atoms with Gasteiger partial charge >= 0.3 is 0 Å². The highest BCUT2D eigenvalue weighted by Crippen LogP contribution is 2.28. The fourth-order valence-electron chi connectivity index (χ4n) is 1.94. The van der Waals surface area contributed by atoms with E-state index in [1.807, 2.05) is 32.0 Å². The molecule has 90 valence electrons. The number of pyridine rings is 1. The molecule has 0 radical (unpaired) electrons. The highest BCUT2D eigenvalue weighted by molar-refractivity contribution is 6.31. The van der Waals surface area contributed by atoms with Gasteiger partial charge in [0.1, 0.15) is 0 Å². The number of nitrogens with one attached hydrogen (secondary N) is 1. The van der Waals surface area contributed by atoms with Gasteiger partial charge in [-0.1, -0.05) is 11.6 Å². The Labute approximate surface area is 106 Å². The lowest BCUT2D eigenvalue weighted by Gasteiger charge is -2.11. The normalized spacial score (nSPS) is 10.8. The average molecular weight is 250 g/mol. The lowest BCUT2D eigenvalue weighted by atomic mass is 10.1. The summed E-state index contributed by atoms with van der Waals surface area (Å²) >= 11 is 6.09. The van der Waals surface area contributed by atoms with Gasteiger partial charge in [0.05, 0.1) is 5.52 Å². The third kappa shape index (κ3) is 2.51. The summed E-state index contributed by atoms with van der Waals surface area (Å²) in [5, 5.41) is 5.09. The van der Waals surface area contributed by atoms with Crippen LogP contribution in [0.5, 0.6) is 0 Å². The number of benzene rings is 1. The van der Waals surface area contributed by atoms with Gasteiger partial charge in [0.15, 0.2) is 0 Å². The van der Waals surface area contributed by atoms with Gasteiger partial charge in [-0.3, -0.25) is 4.98 Å². The molecule has 0 unspecified atom stereocenters. The summed E-state index contributed by atoms with van der Waals surface area (Å²) in [6.45, 7) is 5.35. The van der Waals surface area contributed by atoms with Gasteiger partial charge in [-0.15, -0.1) is 0 Å². The predicted molar refractivity (Wildman–Crippen MR) is 73.8 cm³/mol. The number of hydrogen-bond acceptors (Lipinski definition) is 3. The number of anilines is 1. The van der Waals surface area contributed by atoms with Gasteiger partial charge in [-0.25, -0.2) is 0 Å². The molecule has 4 heteroatoms. The first kappa shape index (κ1) is 12.1. The smallest absolute Gasteiger partial charge is 0.0756 e. The maximum Gasteiger partial charge on any atom is 0.0756 e. The van der Waals surface area contributed by atoms with Crippen molar-refractivity contribution in [1.82, 2.24) is 4.98 Å². The first-order chi connectivity index (χ1) is 8.11. The predicted octanol–water partition coefficient (Wildman–Crippen LogP) is 2.88. The summed E-state index contributed by atoms with van der Waals surface area (Å²) < 4.78 is 0. The Morgan fingerprint density at radius 3 is 2.76 bits per heavy atom. The Hall–Kier alpha value is -1.32. The minimum absolute atomic E-state index is 0.600. The number of nitrogens with two attached hydrogens (primary N) is 1. The number of hydrogen-bond donors (Lipinski definition) is 2. The van der Waals surface area contributed by atoms with Crippen LogP contribution in [0.15, 0.2) is 18.2 Å². The summed E-state index contributed by atoms with van der Waals surface area (Å²) in [7, 11) is 0. The number of fused-ring (bicyclic) bond motifs is 1. The number of nitrogens with zero attached hydrogens (tertiary/aromatic N) is 1. The van der Waals surface area contributed by atoms with Gasteiger partial charge < -0.3 is 11.1 Å². The van der Waals surface area contributed by atoms with E-state index in [-0.39, 0.29) is 0 Å². The van der Waals surface area contributed by atoms with E-state index >= 15 is 0 Å². The van der Waals surface area contributed by atoms with Crippen molar-refractivity contribution in [2.45, 2.75) is 13.8 Å². The molecule has 17 heavy (non-hydrogen) atoms. The van der Waals surface area contributed by atoms with Crippen LogP contribution in [0.3, 0.4) is 0 Å². The quantitative estimate of drug-likeness (QED) is 0.880. The second-order valence-corrected chi connectivity index (χ2v) is 4.58. The van der Waals surface area contributed by atoms with E-state index in [0.717, 1.165) is 39.4 Å². The Kier molecular flexibility index (Phi) is 3.50. The zero-order valence-corrected chi connectivity index (χ0v) is 10.8.